The van der Waals surface area contributed by atoms with E-state index in [2.05, 4.69) is 4.98 Å². The zero-order chi connectivity index (χ0) is 12.3. The van der Waals surface area contributed by atoms with Gasteiger partial charge in [0.25, 0.3) is 0 Å². The number of aliphatic hydroxyl groups is 1. The van der Waals surface area contributed by atoms with Crippen molar-refractivity contribution in [3.05, 3.63) is 22.1 Å². The molecule has 16 heavy (non-hydrogen) atoms. The van der Waals surface area contributed by atoms with E-state index in [1.54, 1.807) is 11.6 Å². The molecule has 0 bridgehead atoms. The fraction of sp³-hybridized carbons (Fsp3) is 0.700. The molecule has 1 atom stereocenters. The van der Waals surface area contributed by atoms with E-state index in [1.807, 2.05) is 13.8 Å². The molecular weight excluding hydrogens is 210 g/mol. The average molecular weight is 227 g/mol. The van der Waals surface area contributed by atoms with Gasteiger partial charge in [-0.15, -0.1) is 0 Å². The van der Waals surface area contributed by atoms with Crippen LogP contribution in [0.15, 0.2) is 6.33 Å². The fourth-order valence-electron chi connectivity index (χ4n) is 1.68. The van der Waals surface area contributed by atoms with Crippen molar-refractivity contribution in [2.45, 2.75) is 32.8 Å². The minimum atomic E-state index is -0.561. The van der Waals surface area contributed by atoms with Crippen LogP contribution in [0.3, 0.4) is 0 Å². The van der Waals surface area contributed by atoms with Crippen molar-refractivity contribution < 1.29 is 10.0 Å². The van der Waals surface area contributed by atoms with Crippen molar-refractivity contribution >= 4 is 5.82 Å². The molecule has 6 nitrogen and oxygen atoms in total. The Labute approximate surface area is 94.1 Å². The van der Waals surface area contributed by atoms with Gasteiger partial charge < -0.3 is 19.8 Å². The molecule has 0 spiro atoms. The van der Waals surface area contributed by atoms with Crippen LogP contribution in [0.5, 0.6) is 0 Å². The van der Waals surface area contributed by atoms with Gasteiger partial charge in [-0.1, -0.05) is 13.8 Å². The van der Waals surface area contributed by atoms with Crippen LogP contribution in [0.25, 0.3) is 0 Å². The normalized spacial score (nSPS) is 13.1. The van der Waals surface area contributed by atoms with Crippen molar-refractivity contribution in [1.82, 2.24) is 9.55 Å². The number of nitrogens with zero attached hydrogens (tertiary/aromatic N) is 3. The molecule has 1 N–H and O–H groups in total. The summed E-state index contributed by atoms with van der Waals surface area (Å²) in [4.78, 5) is 13.9. The largest absolute Gasteiger partial charge is 0.393 e. The first-order valence-electron chi connectivity index (χ1n) is 5.24. The summed E-state index contributed by atoms with van der Waals surface area (Å²) < 4.78 is 1.58. The molecule has 0 aliphatic heterocycles. The third kappa shape index (κ3) is 3.03. The predicted molar refractivity (Wildman–Crippen MR) is 59.0 cm³/mol. The second-order valence-corrected chi connectivity index (χ2v) is 4.37. The molecule has 1 heterocycles. The number of aryl methyl sites for hydroxylation is 1. The Morgan fingerprint density at radius 2 is 2.25 bits per heavy atom. The molecule has 0 fully saturated rings. The van der Waals surface area contributed by atoms with E-state index in [0.29, 0.717) is 18.0 Å². The van der Waals surface area contributed by atoms with E-state index < -0.39 is 11.0 Å². The Morgan fingerprint density at radius 1 is 1.62 bits per heavy atom. The van der Waals surface area contributed by atoms with Crippen molar-refractivity contribution in [3.63, 3.8) is 0 Å². The van der Waals surface area contributed by atoms with E-state index in [-0.39, 0.29) is 12.2 Å². The van der Waals surface area contributed by atoms with Gasteiger partial charge in [-0.2, -0.15) is 0 Å². The van der Waals surface area contributed by atoms with Crippen LogP contribution in [0.1, 0.15) is 26.0 Å². The first-order valence-corrected chi connectivity index (χ1v) is 5.24. The van der Waals surface area contributed by atoms with Gasteiger partial charge in [0, 0.05) is 13.5 Å². The standard InChI is InChI=1S/C10H17N3O3/c1-7(2)4-8(14)5-9-10(13(15)16)11-6-12(9)3/h6-8,14H,4-5H2,1-3H3. The second kappa shape index (κ2) is 5.07. The van der Waals surface area contributed by atoms with Crippen molar-refractivity contribution in [3.8, 4) is 0 Å². The fourth-order valence-corrected chi connectivity index (χ4v) is 1.68. The maximum Gasteiger partial charge on any atom is 0.384 e. The zero-order valence-electron chi connectivity index (χ0n) is 9.75. The highest BCUT2D eigenvalue weighted by Gasteiger charge is 2.22. The molecule has 1 aromatic heterocycles. The molecule has 0 aliphatic rings. The average Bonchev–Trinajstić information content (AvgIpc) is 2.46. The Hall–Kier alpha value is -1.43. The summed E-state index contributed by atoms with van der Waals surface area (Å²) in [5.41, 5.74) is 0.471. The number of rotatable bonds is 5. The molecule has 90 valence electrons. The van der Waals surface area contributed by atoms with Crippen LogP contribution >= 0.6 is 0 Å². The van der Waals surface area contributed by atoms with Crippen molar-refractivity contribution in [2.24, 2.45) is 13.0 Å². The first kappa shape index (κ1) is 12.6. The zero-order valence-corrected chi connectivity index (χ0v) is 9.75. The number of hydrogen-bond acceptors (Lipinski definition) is 4. The molecular formula is C10H17N3O3. The third-order valence-corrected chi connectivity index (χ3v) is 2.38. The van der Waals surface area contributed by atoms with Gasteiger partial charge in [0.1, 0.15) is 5.69 Å². The van der Waals surface area contributed by atoms with Gasteiger partial charge in [0.2, 0.25) is 6.33 Å². The highest BCUT2D eigenvalue weighted by Crippen LogP contribution is 2.19. The summed E-state index contributed by atoms with van der Waals surface area (Å²) in [5.74, 6) is 0.201. The van der Waals surface area contributed by atoms with Crippen molar-refractivity contribution in [1.29, 1.82) is 0 Å². The first-order chi connectivity index (χ1) is 7.41. The molecule has 0 radical (unpaired) electrons. The summed E-state index contributed by atoms with van der Waals surface area (Å²) in [5, 5.41) is 20.4. The molecule has 1 unspecified atom stereocenters. The lowest BCUT2D eigenvalue weighted by molar-refractivity contribution is -0.390. The minimum absolute atomic E-state index is 0.162. The molecule has 0 saturated heterocycles. The Kier molecular flexibility index (Phi) is 4.00. The minimum Gasteiger partial charge on any atom is -0.393 e. The van der Waals surface area contributed by atoms with Gasteiger partial charge in [0.15, 0.2) is 0 Å². The van der Waals surface area contributed by atoms with Crippen LogP contribution in [-0.4, -0.2) is 25.7 Å². The number of aliphatic hydroxyl groups excluding tert-OH is 1. The number of hydrogen-bond donors (Lipinski definition) is 1. The van der Waals surface area contributed by atoms with E-state index in [4.69, 9.17) is 0 Å². The molecule has 1 rings (SSSR count). The summed E-state index contributed by atoms with van der Waals surface area (Å²) in [6.07, 6.45) is 1.73. The molecule has 0 amide bonds. The molecule has 0 saturated carbocycles. The molecule has 1 aromatic rings. The quantitative estimate of drug-likeness (QED) is 0.606. The molecule has 6 heteroatoms. The Bertz CT molecular complexity index is 373. The van der Waals surface area contributed by atoms with Crippen LogP contribution in [0.4, 0.5) is 5.82 Å². The van der Waals surface area contributed by atoms with Gasteiger partial charge in [-0.3, -0.25) is 0 Å². The maximum absolute atomic E-state index is 10.7. The highest BCUT2D eigenvalue weighted by atomic mass is 16.6. The molecule has 0 aromatic carbocycles. The molecule has 0 aliphatic carbocycles. The summed E-state index contributed by atoms with van der Waals surface area (Å²) in [6.45, 7) is 4.00. The topological polar surface area (TPSA) is 81.2 Å². The number of nitro groups is 1. The van der Waals surface area contributed by atoms with Crippen molar-refractivity contribution in [2.75, 3.05) is 0 Å². The van der Waals surface area contributed by atoms with Gasteiger partial charge in [-0.25, -0.2) is 0 Å². The Morgan fingerprint density at radius 3 is 2.75 bits per heavy atom. The van der Waals surface area contributed by atoms with Gasteiger partial charge in [-0.05, 0) is 22.2 Å². The van der Waals surface area contributed by atoms with E-state index >= 15 is 0 Å². The summed E-state index contributed by atoms with van der Waals surface area (Å²) >= 11 is 0. The Balaban J connectivity index is 2.79. The predicted octanol–water partition coefficient (Wildman–Crippen LogP) is 1.28. The highest BCUT2D eigenvalue weighted by molar-refractivity contribution is 5.27. The lowest BCUT2D eigenvalue weighted by atomic mass is 10.0. The SMILES string of the molecule is CC(C)CC(O)Cc1c([N+](=O)[O-])ncn1C. The maximum atomic E-state index is 10.7. The van der Waals surface area contributed by atoms with Gasteiger partial charge in [0.05, 0.1) is 6.10 Å². The van der Waals surface area contributed by atoms with Gasteiger partial charge >= 0.3 is 5.82 Å². The third-order valence-electron chi connectivity index (χ3n) is 2.38. The monoisotopic (exact) mass is 227 g/mol. The van der Waals surface area contributed by atoms with E-state index in [9.17, 15) is 15.2 Å². The van der Waals surface area contributed by atoms with E-state index in [0.717, 1.165) is 0 Å². The van der Waals surface area contributed by atoms with Crippen LogP contribution < -0.4 is 0 Å². The smallest absolute Gasteiger partial charge is 0.384 e. The summed E-state index contributed by atoms with van der Waals surface area (Å²) in [6, 6.07) is 0. The van der Waals surface area contributed by atoms with Crippen LogP contribution in [0.2, 0.25) is 0 Å². The summed E-state index contributed by atoms with van der Waals surface area (Å²) in [7, 11) is 1.69. The van der Waals surface area contributed by atoms with Crippen LogP contribution in [-0.2, 0) is 13.5 Å². The number of imidazole rings is 1. The lowest BCUT2D eigenvalue weighted by Crippen LogP contribution is -2.16. The second-order valence-electron chi connectivity index (χ2n) is 4.37. The lowest BCUT2D eigenvalue weighted by Gasteiger charge is -2.12. The van der Waals surface area contributed by atoms with Crippen LogP contribution in [0, 0.1) is 16.0 Å². The van der Waals surface area contributed by atoms with E-state index in [1.165, 1.54) is 6.33 Å². The number of aromatic nitrogens is 2.